The van der Waals surface area contributed by atoms with Crippen LogP contribution in [0.4, 0.5) is 5.69 Å². The first-order chi connectivity index (χ1) is 8.92. The molecule has 0 spiro atoms. The van der Waals surface area contributed by atoms with E-state index in [2.05, 4.69) is 26.6 Å². The summed E-state index contributed by atoms with van der Waals surface area (Å²) in [6.07, 6.45) is 1.69. The van der Waals surface area contributed by atoms with Crippen molar-refractivity contribution in [2.45, 2.75) is 25.3 Å². The van der Waals surface area contributed by atoms with Gasteiger partial charge in [-0.3, -0.25) is 4.79 Å². The van der Waals surface area contributed by atoms with E-state index in [-0.39, 0.29) is 11.5 Å². The van der Waals surface area contributed by atoms with Crippen molar-refractivity contribution in [2.24, 2.45) is 0 Å². The fourth-order valence-corrected chi connectivity index (χ4v) is 2.51. The lowest BCUT2D eigenvalue weighted by atomic mass is 9.99. The number of hydrogen-bond donors (Lipinski definition) is 3. The van der Waals surface area contributed by atoms with Gasteiger partial charge >= 0.3 is 5.97 Å². The Kier molecular flexibility index (Phi) is 3.91. The summed E-state index contributed by atoms with van der Waals surface area (Å²) in [7, 11) is 0. The van der Waals surface area contributed by atoms with Gasteiger partial charge in [-0.05, 0) is 44.5 Å². The number of benzene rings is 1. The SMILES string of the molecule is CC1(C(=O)Nc2ccc(Br)cc2C(=O)O)CCCN1. The molecule has 1 aromatic carbocycles. The number of carbonyl (C=O) groups is 2. The number of carboxylic acids is 1. The van der Waals surface area contributed by atoms with Crippen molar-refractivity contribution in [1.82, 2.24) is 5.32 Å². The summed E-state index contributed by atoms with van der Waals surface area (Å²) in [6, 6.07) is 4.76. The van der Waals surface area contributed by atoms with Crippen LogP contribution in [0.25, 0.3) is 0 Å². The molecule has 1 fully saturated rings. The molecule has 1 aromatic rings. The number of carbonyl (C=O) groups excluding carboxylic acids is 1. The lowest BCUT2D eigenvalue weighted by Gasteiger charge is -2.23. The first-order valence-electron chi connectivity index (χ1n) is 6.02. The van der Waals surface area contributed by atoms with Crippen molar-refractivity contribution in [1.29, 1.82) is 0 Å². The highest BCUT2D eigenvalue weighted by Gasteiger charge is 2.36. The Balaban J connectivity index is 2.23. The lowest BCUT2D eigenvalue weighted by Crippen LogP contribution is -2.48. The third-order valence-electron chi connectivity index (χ3n) is 3.33. The van der Waals surface area contributed by atoms with Crippen LogP contribution in [0.3, 0.4) is 0 Å². The van der Waals surface area contributed by atoms with Gasteiger partial charge < -0.3 is 15.7 Å². The minimum absolute atomic E-state index is 0.0734. The van der Waals surface area contributed by atoms with Gasteiger partial charge in [0.1, 0.15) is 0 Å². The van der Waals surface area contributed by atoms with Crippen LogP contribution in [-0.2, 0) is 4.79 Å². The number of carboxylic acid groups (broad SMARTS) is 1. The highest BCUT2D eigenvalue weighted by Crippen LogP contribution is 2.24. The first kappa shape index (κ1) is 14.0. The van der Waals surface area contributed by atoms with Crippen molar-refractivity contribution in [3.8, 4) is 0 Å². The molecule has 6 heteroatoms. The third kappa shape index (κ3) is 2.96. The summed E-state index contributed by atoms with van der Waals surface area (Å²) in [5, 5.41) is 15.0. The smallest absolute Gasteiger partial charge is 0.337 e. The maximum absolute atomic E-state index is 12.2. The second kappa shape index (κ2) is 5.30. The number of rotatable bonds is 3. The third-order valence-corrected chi connectivity index (χ3v) is 3.82. The van der Waals surface area contributed by atoms with Gasteiger partial charge in [0.05, 0.1) is 16.8 Å². The van der Waals surface area contributed by atoms with Crippen LogP contribution >= 0.6 is 15.9 Å². The number of hydrogen-bond acceptors (Lipinski definition) is 3. The van der Waals surface area contributed by atoms with Crippen molar-refractivity contribution >= 4 is 33.5 Å². The molecule has 0 bridgehead atoms. The van der Waals surface area contributed by atoms with E-state index in [0.29, 0.717) is 10.2 Å². The predicted octanol–water partition coefficient (Wildman–Crippen LogP) is 2.23. The zero-order valence-electron chi connectivity index (χ0n) is 10.5. The molecule has 1 saturated heterocycles. The van der Waals surface area contributed by atoms with E-state index in [4.69, 9.17) is 5.11 Å². The zero-order valence-corrected chi connectivity index (χ0v) is 12.1. The number of aromatic carboxylic acids is 1. The molecule has 19 heavy (non-hydrogen) atoms. The zero-order chi connectivity index (χ0) is 14.0. The molecule has 102 valence electrons. The molecule has 0 aliphatic carbocycles. The average Bonchev–Trinajstić information content (AvgIpc) is 2.79. The fourth-order valence-electron chi connectivity index (χ4n) is 2.15. The largest absolute Gasteiger partial charge is 0.478 e. The van der Waals surface area contributed by atoms with Crippen molar-refractivity contribution in [3.05, 3.63) is 28.2 Å². The van der Waals surface area contributed by atoms with Gasteiger partial charge in [-0.1, -0.05) is 15.9 Å². The fraction of sp³-hybridized carbons (Fsp3) is 0.385. The summed E-state index contributed by atoms with van der Waals surface area (Å²) >= 11 is 3.22. The second-order valence-corrected chi connectivity index (χ2v) is 5.73. The highest BCUT2D eigenvalue weighted by molar-refractivity contribution is 9.10. The Labute approximate surface area is 119 Å². The van der Waals surface area contributed by atoms with Crippen LogP contribution in [0.1, 0.15) is 30.1 Å². The molecule has 3 N–H and O–H groups in total. The quantitative estimate of drug-likeness (QED) is 0.795. The number of halogens is 1. The van der Waals surface area contributed by atoms with E-state index >= 15 is 0 Å². The molecular formula is C13H15BrN2O3. The van der Waals surface area contributed by atoms with Gasteiger partial charge in [-0.25, -0.2) is 4.79 Å². The standard InChI is InChI=1S/C13H15BrN2O3/c1-13(5-2-6-15-13)12(19)16-10-4-3-8(14)7-9(10)11(17)18/h3-4,7,15H,2,5-6H2,1H3,(H,16,19)(H,17,18). The summed E-state index contributed by atoms with van der Waals surface area (Å²) in [6.45, 7) is 2.63. The molecule has 0 aromatic heterocycles. The molecule has 0 saturated carbocycles. The monoisotopic (exact) mass is 326 g/mol. The molecule has 1 aliphatic heterocycles. The summed E-state index contributed by atoms with van der Waals surface area (Å²) < 4.78 is 0.660. The Hall–Kier alpha value is -1.40. The maximum Gasteiger partial charge on any atom is 0.337 e. The molecule has 1 heterocycles. The molecule has 0 radical (unpaired) electrons. The number of anilines is 1. The Bertz CT molecular complexity index is 525. The van der Waals surface area contributed by atoms with Crippen LogP contribution in [0.15, 0.2) is 22.7 Å². The van der Waals surface area contributed by atoms with Crippen LogP contribution in [0.2, 0.25) is 0 Å². The minimum Gasteiger partial charge on any atom is -0.478 e. The summed E-state index contributed by atoms with van der Waals surface area (Å²) in [4.78, 5) is 23.4. The molecule has 1 aliphatic rings. The Morgan fingerprint density at radius 2 is 2.21 bits per heavy atom. The molecule has 5 nitrogen and oxygen atoms in total. The minimum atomic E-state index is -1.07. The van der Waals surface area contributed by atoms with E-state index < -0.39 is 11.5 Å². The van der Waals surface area contributed by atoms with Gasteiger partial charge in [-0.2, -0.15) is 0 Å². The first-order valence-corrected chi connectivity index (χ1v) is 6.81. The maximum atomic E-state index is 12.2. The van der Waals surface area contributed by atoms with Crippen LogP contribution in [0.5, 0.6) is 0 Å². The Morgan fingerprint density at radius 3 is 2.79 bits per heavy atom. The highest BCUT2D eigenvalue weighted by atomic mass is 79.9. The second-order valence-electron chi connectivity index (χ2n) is 4.81. The van der Waals surface area contributed by atoms with Gasteiger partial charge in [0.15, 0.2) is 0 Å². The van der Waals surface area contributed by atoms with Gasteiger partial charge in [0.25, 0.3) is 0 Å². The predicted molar refractivity (Wildman–Crippen MR) is 75.4 cm³/mol. The van der Waals surface area contributed by atoms with Gasteiger partial charge in [0, 0.05) is 4.47 Å². The topological polar surface area (TPSA) is 78.4 Å². The summed E-state index contributed by atoms with van der Waals surface area (Å²) in [5.74, 6) is -1.27. The van der Waals surface area contributed by atoms with Crippen LogP contribution in [0, 0.1) is 0 Å². The van der Waals surface area contributed by atoms with E-state index in [0.717, 1.165) is 19.4 Å². The van der Waals surface area contributed by atoms with Crippen molar-refractivity contribution < 1.29 is 14.7 Å². The molecule has 1 atom stereocenters. The van der Waals surface area contributed by atoms with E-state index in [9.17, 15) is 9.59 Å². The van der Waals surface area contributed by atoms with Crippen LogP contribution in [-0.4, -0.2) is 29.1 Å². The van der Waals surface area contributed by atoms with Gasteiger partial charge in [0.2, 0.25) is 5.91 Å². The van der Waals surface area contributed by atoms with Crippen molar-refractivity contribution in [2.75, 3.05) is 11.9 Å². The molecular weight excluding hydrogens is 312 g/mol. The average molecular weight is 327 g/mol. The number of amides is 1. The lowest BCUT2D eigenvalue weighted by molar-refractivity contribution is -0.121. The molecule has 1 unspecified atom stereocenters. The Morgan fingerprint density at radius 1 is 1.47 bits per heavy atom. The normalized spacial score (nSPS) is 22.2. The van der Waals surface area contributed by atoms with E-state index in [1.165, 1.54) is 6.07 Å². The van der Waals surface area contributed by atoms with Crippen LogP contribution < -0.4 is 10.6 Å². The van der Waals surface area contributed by atoms with Crippen molar-refractivity contribution in [3.63, 3.8) is 0 Å². The van der Waals surface area contributed by atoms with E-state index in [1.807, 2.05) is 6.92 Å². The molecule has 2 rings (SSSR count). The molecule has 1 amide bonds. The van der Waals surface area contributed by atoms with Gasteiger partial charge in [-0.15, -0.1) is 0 Å². The van der Waals surface area contributed by atoms with E-state index in [1.54, 1.807) is 12.1 Å². The number of nitrogens with one attached hydrogen (secondary N) is 2. The summed E-state index contributed by atoms with van der Waals surface area (Å²) in [5.41, 5.74) is -0.233.